The summed E-state index contributed by atoms with van der Waals surface area (Å²) < 4.78 is 17.5. The Kier molecular flexibility index (Phi) is 5.10. The molecule has 10 heteroatoms. The first-order chi connectivity index (χ1) is 13.5. The van der Waals surface area contributed by atoms with Crippen molar-refractivity contribution in [1.29, 1.82) is 0 Å². The number of hydrogen-bond acceptors (Lipinski definition) is 6. The molecule has 144 valence electrons. The van der Waals surface area contributed by atoms with Gasteiger partial charge in [0.05, 0.1) is 6.54 Å². The fourth-order valence-corrected chi connectivity index (χ4v) is 3.83. The monoisotopic (exact) mass is 417 g/mol. The maximum Gasteiger partial charge on any atom is 0.211 e. The Morgan fingerprint density at radius 2 is 2.11 bits per heavy atom. The van der Waals surface area contributed by atoms with Gasteiger partial charge in [-0.05, 0) is 32.0 Å². The second kappa shape index (κ2) is 7.69. The average Bonchev–Trinajstić information content (AvgIpc) is 3.40. The predicted octanol–water partition coefficient (Wildman–Crippen LogP) is 4.43. The van der Waals surface area contributed by atoms with E-state index in [1.54, 1.807) is 35.3 Å². The van der Waals surface area contributed by atoms with E-state index in [4.69, 9.17) is 11.6 Å². The zero-order valence-electron chi connectivity index (χ0n) is 15.2. The molecule has 3 aromatic heterocycles. The normalized spacial score (nSPS) is 12.3. The number of rotatable bonds is 6. The largest absolute Gasteiger partial charge is 0.313 e. The van der Waals surface area contributed by atoms with Gasteiger partial charge in [0, 0.05) is 34.7 Å². The topological polar surface area (TPSA) is 73.5 Å². The number of nitrogens with one attached hydrogen (secondary N) is 1. The second-order valence-corrected chi connectivity index (χ2v) is 7.68. The van der Waals surface area contributed by atoms with Gasteiger partial charge in [-0.2, -0.15) is 10.2 Å². The van der Waals surface area contributed by atoms with Crippen LogP contribution >= 0.6 is 22.9 Å². The van der Waals surface area contributed by atoms with Crippen molar-refractivity contribution in [1.82, 2.24) is 29.8 Å². The zero-order valence-corrected chi connectivity index (χ0v) is 16.7. The summed E-state index contributed by atoms with van der Waals surface area (Å²) in [4.78, 5) is 0. The second-order valence-electron chi connectivity index (χ2n) is 6.26. The maximum atomic E-state index is 13.9. The first-order valence-corrected chi connectivity index (χ1v) is 9.77. The van der Waals surface area contributed by atoms with Crippen molar-refractivity contribution in [3.8, 4) is 0 Å². The van der Waals surface area contributed by atoms with E-state index in [9.17, 15) is 4.39 Å². The Morgan fingerprint density at radius 1 is 1.25 bits per heavy atom. The molecular weight excluding hydrogens is 401 g/mol. The molecule has 3 heterocycles. The Hall–Kier alpha value is -2.78. The smallest absolute Gasteiger partial charge is 0.211 e. The lowest BCUT2D eigenvalue weighted by Crippen LogP contribution is -2.09. The van der Waals surface area contributed by atoms with Crippen molar-refractivity contribution in [2.45, 2.75) is 26.4 Å². The molecule has 0 bridgehead atoms. The third-order valence-corrected chi connectivity index (χ3v) is 5.65. The van der Waals surface area contributed by atoms with Crippen LogP contribution in [0.25, 0.3) is 0 Å². The van der Waals surface area contributed by atoms with Gasteiger partial charge in [0.15, 0.2) is 5.82 Å². The summed E-state index contributed by atoms with van der Waals surface area (Å²) in [5.74, 6) is 0.243. The van der Waals surface area contributed by atoms with Crippen molar-refractivity contribution in [2.75, 3.05) is 5.32 Å². The minimum atomic E-state index is -0.353. The molecule has 0 amide bonds. The molecule has 28 heavy (non-hydrogen) atoms. The van der Waals surface area contributed by atoms with Crippen LogP contribution in [0.4, 0.5) is 15.3 Å². The van der Waals surface area contributed by atoms with Crippen LogP contribution in [0.2, 0.25) is 5.02 Å². The summed E-state index contributed by atoms with van der Waals surface area (Å²) in [6.45, 7) is 4.26. The van der Waals surface area contributed by atoms with Crippen LogP contribution in [0, 0.1) is 12.7 Å². The van der Waals surface area contributed by atoms with Crippen molar-refractivity contribution in [2.24, 2.45) is 0 Å². The molecule has 0 aliphatic rings. The van der Waals surface area contributed by atoms with Gasteiger partial charge >= 0.3 is 0 Å². The highest BCUT2D eigenvalue weighted by Crippen LogP contribution is 2.27. The molecule has 1 aromatic carbocycles. The number of halogens is 2. The highest BCUT2D eigenvalue weighted by atomic mass is 35.5. The molecule has 0 spiro atoms. The Labute approximate surface area is 169 Å². The summed E-state index contributed by atoms with van der Waals surface area (Å²) >= 11 is 7.52. The number of aromatic nitrogens is 6. The predicted molar refractivity (Wildman–Crippen MR) is 107 cm³/mol. The van der Waals surface area contributed by atoms with Gasteiger partial charge in [-0.1, -0.05) is 29.0 Å². The lowest BCUT2D eigenvalue weighted by Gasteiger charge is -2.10. The maximum absolute atomic E-state index is 13.9. The Morgan fingerprint density at radius 3 is 2.86 bits per heavy atom. The molecule has 0 aliphatic heterocycles. The van der Waals surface area contributed by atoms with Crippen LogP contribution in [0.15, 0.2) is 42.7 Å². The summed E-state index contributed by atoms with van der Waals surface area (Å²) in [5.41, 5.74) is 1.46. The minimum absolute atomic E-state index is 0.0104. The average molecular weight is 418 g/mol. The van der Waals surface area contributed by atoms with Crippen LogP contribution in [0.1, 0.15) is 29.2 Å². The lowest BCUT2D eigenvalue weighted by atomic mass is 10.2. The van der Waals surface area contributed by atoms with E-state index < -0.39 is 0 Å². The molecule has 0 saturated heterocycles. The molecule has 1 N–H and O–H groups in total. The van der Waals surface area contributed by atoms with Crippen LogP contribution in [-0.2, 0) is 6.54 Å². The number of nitrogens with zero attached hydrogens (tertiary/aromatic N) is 6. The first-order valence-electron chi connectivity index (χ1n) is 8.58. The molecule has 4 aromatic rings. The molecular formula is C18H17ClFN7S. The number of benzene rings is 1. The van der Waals surface area contributed by atoms with E-state index in [0.717, 1.165) is 10.7 Å². The van der Waals surface area contributed by atoms with Crippen LogP contribution < -0.4 is 5.32 Å². The quantitative estimate of drug-likeness (QED) is 0.502. The summed E-state index contributed by atoms with van der Waals surface area (Å²) in [6, 6.07) is 8.35. The number of aryl methyl sites for hydroxylation is 1. The standard InChI is InChI=1S/C18H17ClFN7S/c1-11-6-8-21-27(11)12(2)17-23-24-18(28-17)22-16-7-9-26(25-16)10-13-14(19)4-3-5-15(13)20/h3-9,12H,10H2,1-2H3,(H,22,24,25). The van der Waals surface area contributed by atoms with Crippen LogP contribution in [-0.4, -0.2) is 29.8 Å². The van der Waals surface area contributed by atoms with Crippen LogP contribution in [0.5, 0.6) is 0 Å². The molecule has 1 unspecified atom stereocenters. The SMILES string of the molecule is Cc1ccnn1C(C)c1nnc(Nc2ccn(Cc3c(F)cccc3Cl)n2)s1. The summed E-state index contributed by atoms with van der Waals surface area (Å²) in [7, 11) is 0. The Bertz CT molecular complexity index is 1080. The van der Waals surface area contributed by atoms with Crippen molar-refractivity contribution < 1.29 is 4.39 Å². The molecule has 0 aliphatic carbocycles. The molecule has 4 rings (SSSR count). The third-order valence-electron chi connectivity index (χ3n) is 4.29. The van der Waals surface area contributed by atoms with Crippen molar-refractivity contribution in [3.05, 3.63) is 69.8 Å². The van der Waals surface area contributed by atoms with Gasteiger partial charge in [0.2, 0.25) is 5.13 Å². The van der Waals surface area contributed by atoms with Gasteiger partial charge in [0.1, 0.15) is 16.9 Å². The molecule has 0 saturated carbocycles. The van der Waals surface area contributed by atoms with E-state index in [1.807, 2.05) is 24.6 Å². The van der Waals surface area contributed by atoms with Gasteiger partial charge < -0.3 is 5.32 Å². The van der Waals surface area contributed by atoms with Crippen molar-refractivity contribution >= 4 is 33.9 Å². The highest BCUT2D eigenvalue weighted by molar-refractivity contribution is 7.15. The molecule has 0 radical (unpaired) electrons. The molecule has 7 nitrogen and oxygen atoms in total. The fraction of sp³-hybridized carbons (Fsp3) is 0.222. The first kappa shape index (κ1) is 18.6. The fourth-order valence-electron chi connectivity index (χ4n) is 2.82. The zero-order chi connectivity index (χ0) is 19.7. The van der Waals surface area contributed by atoms with Gasteiger partial charge in [-0.25, -0.2) is 4.39 Å². The van der Waals surface area contributed by atoms with Gasteiger partial charge in [-0.3, -0.25) is 9.36 Å². The van der Waals surface area contributed by atoms with Gasteiger partial charge in [-0.15, -0.1) is 10.2 Å². The van der Waals surface area contributed by atoms with E-state index in [2.05, 4.69) is 25.7 Å². The van der Waals surface area contributed by atoms with Gasteiger partial charge in [0.25, 0.3) is 0 Å². The molecule has 0 fully saturated rings. The lowest BCUT2D eigenvalue weighted by molar-refractivity contribution is 0.543. The summed E-state index contributed by atoms with van der Waals surface area (Å²) in [6.07, 6.45) is 3.52. The summed E-state index contributed by atoms with van der Waals surface area (Å²) in [5, 5.41) is 22.1. The highest BCUT2D eigenvalue weighted by Gasteiger charge is 2.16. The minimum Gasteiger partial charge on any atom is -0.313 e. The third kappa shape index (κ3) is 3.76. The number of anilines is 2. The Balaban J connectivity index is 1.46. The van der Waals surface area contributed by atoms with Crippen molar-refractivity contribution in [3.63, 3.8) is 0 Å². The van der Waals surface area contributed by atoms with E-state index >= 15 is 0 Å². The molecule has 1 atom stereocenters. The van der Waals surface area contributed by atoms with E-state index in [-0.39, 0.29) is 18.4 Å². The van der Waals surface area contributed by atoms with E-state index in [0.29, 0.717) is 21.5 Å². The van der Waals surface area contributed by atoms with E-state index in [1.165, 1.54) is 17.4 Å². The van der Waals surface area contributed by atoms with Crippen LogP contribution in [0.3, 0.4) is 0 Å². The number of hydrogen-bond donors (Lipinski definition) is 1.